The SMILES string of the molecule is C=CCNC(=O)C(C)Sc1nccc(C(F)(F)F)n1. The van der Waals surface area contributed by atoms with E-state index in [4.69, 9.17) is 0 Å². The number of rotatable bonds is 5. The standard InChI is InChI=1S/C11H12F3N3OS/c1-3-5-15-9(18)7(2)19-10-16-6-4-8(17-10)11(12,13)14/h3-4,6-7H,1,5H2,2H3,(H,15,18). The monoisotopic (exact) mass is 291 g/mol. The Morgan fingerprint density at radius 3 is 2.89 bits per heavy atom. The van der Waals surface area contributed by atoms with Crippen LogP contribution in [0.3, 0.4) is 0 Å². The summed E-state index contributed by atoms with van der Waals surface area (Å²) in [6, 6.07) is 0.784. The van der Waals surface area contributed by atoms with E-state index in [9.17, 15) is 18.0 Å². The third-order valence-electron chi connectivity index (χ3n) is 2.00. The van der Waals surface area contributed by atoms with E-state index in [0.717, 1.165) is 24.0 Å². The topological polar surface area (TPSA) is 54.9 Å². The minimum Gasteiger partial charge on any atom is -0.352 e. The normalized spacial score (nSPS) is 12.8. The highest BCUT2D eigenvalue weighted by Gasteiger charge is 2.33. The Hall–Kier alpha value is -1.57. The molecule has 8 heteroatoms. The lowest BCUT2D eigenvalue weighted by atomic mass is 10.4. The Labute approximate surface area is 112 Å². The van der Waals surface area contributed by atoms with Gasteiger partial charge in [0.1, 0.15) is 5.69 Å². The first kappa shape index (κ1) is 15.5. The summed E-state index contributed by atoms with van der Waals surface area (Å²) in [5, 5.41) is 1.86. The van der Waals surface area contributed by atoms with Crippen LogP contribution < -0.4 is 5.32 Å². The molecule has 1 aromatic rings. The van der Waals surface area contributed by atoms with Crippen molar-refractivity contribution in [2.75, 3.05) is 6.54 Å². The predicted molar refractivity (Wildman–Crippen MR) is 65.6 cm³/mol. The van der Waals surface area contributed by atoms with Crippen molar-refractivity contribution in [2.24, 2.45) is 0 Å². The highest BCUT2D eigenvalue weighted by molar-refractivity contribution is 8.00. The van der Waals surface area contributed by atoms with Crippen LogP contribution in [-0.2, 0) is 11.0 Å². The molecule has 0 spiro atoms. The van der Waals surface area contributed by atoms with Crippen LogP contribution in [0.25, 0.3) is 0 Å². The van der Waals surface area contributed by atoms with E-state index in [1.54, 1.807) is 6.92 Å². The van der Waals surface area contributed by atoms with Crippen LogP contribution in [0.4, 0.5) is 13.2 Å². The molecule has 104 valence electrons. The van der Waals surface area contributed by atoms with Crippen LogP contribution in [0.1, 0.15) is 12.6 Å². The van der Waals surface area contributed by atoms with E-state index in [1.165, 1.54) is 6.08 Å². The largest absolute Gasteiger partial charge is 0.433 e. The Kier molecular flexibility index (Phi) is 5.34. The molecule has 1 rings (SSSR count). The fraction of sp³-hybridized carbons (Fsp3) is 0.364. The van der Waals surface area contributed by atoms with Crippen molar-refractivity contribution >= 4 is 17.7 Å². The maximum Gasteiger partial charge on any atom is 0.433 e. The summed E-state index contributed by atoms with van der Waals surface area (Å²) in [6.45, 7) is 5.30. The number of carbonyl (C=O) groups is 1. The van der Waals surface area contributed by atoms with Gasteiger partial charge in [0.05, 0.1) is 5.25 Å². The van der Waals surface area contributed by atoms with Crippen molar-refractivity contribution in [3.63, 3.8) is 0 Å². The van der Waals surface area contributed by atoms with Gasteiger partial charge < -0.3 is 5.32 Å². The number of hydrogen-bond donors (Lipinski definition) is 1. The van der Waals surface area contributed by atoms with E-state index in [2.05, 4.69) is 21.9 Å². The fourth-order valence-corrected chi connectivity index (χ4v) is 1.86. The van der Waals surface area contributed by atoms with Crippen LogP contribution >= 0.6 is 11.8 Å². The Morgan fingerprint density at radius 2 is 2.32 bits per heavy atom. The van der Waals surface area contributed by atoms with Crippen LogP contribution in [-0.4, -0.2) is 27.7 Å². The molecular formula is C11H12F3N3OS. The summed E-state index contributed by atoms with van der Waals surface area (Å²) < 4.78 is 37.3. The predicted octanol–water partition coefficient (Wildman–Crippen LogP) is 2.28. The number of nitrogens with zero attached hydrogens (tertiary/aromatic N) is 2. The molecular weight excluding hydrogens is 279 g/mol. The summed E-state index contributed by atoms with van der Waals surface area (Å²) in [5.74, 6) is -0.314. The number of hydrogen-bond acceptors (Lipinski definition) is 4. The third kappa shape index (κ3) is 4.90. The molecule has 0 aromatic carbocycles. The smallest absolute Gasteiger partial charge is 0.352 e. The van der Waals surface area contributed by atoms with Crippen LogP contribution in [0, 0.1) is 0 Å². The average molecular weight is 291 g/mol. The Morgan fingerprint density at radius 1 is 1.63 bits per heavy atom. The zero-order chi connectivity index (χ0) is 14.5. The number of carbonyl (C=O) groups excluding carboxylic acids is 1. The molecule has 1 amide bonds. The van der Waals surface area contributed by atoms with Gasteiger partial charge in [-0.2, -0.15) is 13.2 Å². The van der Waals surface area contributed by atoms with Gasteiger partial charge >= 0.3 is 6.18 Å². The van der Waals surface area contributed by atoms with E-state index >= 15 is 0 Å². The lowest BCUT2D eigenvalue weighted by Gasteiger charge is -2.11. The van der Waals surface area contributed by atoms with E-state index < -0.39 is 17.1 Å². The van der Waals surface area contributed by atoms with Gasteiger partial charge in [0.25, 0.3) is 0 Å². The second-order valence-electron chi connectivity index (χ2n) is 3.52. The van der Waals surface area contributed by atoms with Crippen molar-refractivity contribution in [3.8, 4) is 0 Å². The molecule has 1 heterocycles. The summed E-state index contributed by atoms with van der Waals surface area (Å²) in [6.07, 6.45) is -1.99. The molecule has 1 atom stereocenters. The first-order valence-corrected chi connectivity index (χ1v) is 6.18. The number of nitrogens with one attached hydrogen (secondary N) is 1. The van der Waals surface area contributed by atoms with Gasteiger partial charge in [0.2, 0.25) is 5.91 Å². The second-order valence-corrected chi connectivity index (χ2v) is 4.82. The average Bonchev–Trinajstić information content (AvgIpc) is 2.35. The van der Waals surface area contributed by atoms with Gasteiger partial charge in [0.15, 0.2) is 5.16 Å². The van der Waals surface area contributed by atoms with Crippen molar-refractivity contribution < 1.29 is 18.0 Å². The van der Waals surface area contributed by atoms with E-state index in [1.807, 2.05) is 0 Å². The van der Waals surface area contributed by atoms with Crippen molar-refractivity contribution in [2.45, 2.75) is 23.5 Å². The molecule has 0 aliphatic rings. The Balaban J connectivity index is 2.72. The molecule has 0 aliphatic carbocycles. The molecule has 1 unspecified atom stereocenters. The molecule has 0 radical (unpaired) electrons. The Bertz CT molecular complexity index is 465. The molecule has 0 saturated heterocycles. The molecule has 19 heavy (non-hydrogen) atoms. The molecule has 0 saturated carbocycles. The molecule has 1 aromatic heterocycles. The van der Waals surface area contributed by atoms with Crippen LogP contribution in [0.15, 0.2) is 30.1 Å². The number of aromatic nitrogens is 2. The van der Waals surface area contributed by atoms with Gasteiger partial charge in [-0.15, -0.1) is 6.58 Å². The second kappa shape index (κ2) is 6.55. The van der Waals surface area contributed by atoms with Crippen LogP contribution in [0.2, 0.25) is 0 Å². The van der Waals surface area contributed by atoms with Gasteiger partial charge in [-0.05, 0) is 13.0 Å². The number of thioether (sulfide) groups is 1. The van der Waals surface area contributed by atoms with Gasteiger partial charge in [-0.3, -0.25) is 4.79 Å². The first-order valence-electron chi connectivity index (χ1n) is 5.30. The minimum atomic E-state index is -4.52. The van der Waals surface area contributed by atoms with E-state index in [-0.39, 0.29) is 11.1 Å². The maximum atomic E-state index is 12.4. The molecule has 4 nitrogen and oxygen atoms in total. The van der Waals surface area contributed by atoms with Gasteiger partial charge in [-0.25, -0.2) is 9.97 Å². The number of halogens is 3. The number of amides is 1. The molecule has 1 N–H and O–H groups in total. The number of alkyl halides is 3. The van der Waals surface area contributed by atoms with Crippen molar-refractivity contribution in [1.82, 2.24) is 15.3 Å². The quantitative estimate of drug-likeness (QED) is 0.514. The maximum absolute atomic E-state index is 12.4. The third-order valence-corrected chi connectivity index (χ3v) is 2.97. The van der Waals surface area contributed by atoms with Crippen molar-refractivity contribution in [1.29, 1.82) is 0 Å². The first-order chi connectivity index (χ1) is 8.84. The van der Waals surface area contributed by atoms with E-state index in [0.29, 0.717) is 6.54 Å². The minimum absolute atomic E-state index is 0.0870. The highest BCUT2D eigenvalue weighted by atomic mass is 32.2. The van der Waals surface area contributed by atoms with Gasteiger partial charge in [0, 0.05) is 12.7 Å². The molecule has 0 fully saturated rings. The van der Waals surface area contributed by atoms with Crippen LogP contribution in [0.5, 0.6) is 0 Å². The lowest BCUT2D eigenvalue weighted by Crippen LogP contribution is -2.31. The molecule has 0 aliphatic heterocycles. The molecule has 0 bridgehead atoms. The summed E-state index contributed by atoms with van der Waals surface area (Å²) in [5.41, 5.74) is -1.02. The lowest BCUT2D eigenvalue weighted by molar-refractivity contribution is -0.141. The zero-order valence-electron chi connectivity index (χ0n) is 10.1. The summed E-state index contributed by atoms with van der Waals surface area (Å²) in [7, 11) is 0. The zero-order valence-corrected chi connectivity index (χ0v) is 10.9. The summed E-state index contributed by atoms with van der Waals surface area (Å²) in [4.78, 5) is 18.6. The van der Waals surface area contributed by atoms with Gasteiger partial charge in [-0.1, -0.05) is 17.8 Å². The highest BCUT2D eigenvalue weighted by Crippen LogP contribution is 2.29. The summed E-state index contributed by atoms with van der Waals surface area (Å²) >= 11 is 0.864. The van der Waals surface area contributed by atoms with Crippen molar-refractivity contribution in [3.05, 3.63) is 30.6 Å². The fourth-order valence-electron chi connectivity index (χ4n) is 1.08.